The van der Waals surface area contributed by atoms with Crippen LogP contribution in [-0.2, 0) is 16.1 Å². The van der Waals surface area contributed by atoms with Gasteiger partial charge in [-0.05, 0) is 75.1 Å². The average Bonchev–Trinajstić information content (AvgIpc) is 3.37. The minimum atomic E-state index is -0.749. The third kappa shape index (κ3) is 5.41. The van der Waals surface area contributed by atoms with Gasteiger partial charge in [0.05, 0.1) is 30.9 Å². The van der Waals surface area contributed by atoms with Gasteiger partial charge in [0.25, 0.3) is 0 Å². The SMILES string of the molecule is Cc1noc(-c2ccc(O[C@H]3CCC[C@H](C(=O)O)C3)cc2)c1CNC(=O)OCC1CC1C. The molecule has 1 aromatic carbocycles. The van der Waals surface area contributed by atoms with Gasteiger partial charge in [0.15, 0.2) is 5.76 Å². The van der Waals surface area contributed by atoms with Crippen molar-refractivity contribution >= 4 is 12.1 Å². The zero-order chi connectivity index (χ0) is 22.7. The molecule has 8 heteroatoms. The van der Waals surface area contributed by atoms with E-state index >= 15 is 0 Å². The molecule has 2 aliphatic rings. The van der Waals surface area contributed by atoms with Crippen molar-refractivity contribution in [3.63, 3.8) is 0 Å². The molecular weight excluding hydrogens is 412 g/mol. The Labute approximate surface area is 187 Å². The number of carbonyl (C=O) groups is 2. The van der Waals surface area contributed by atoms with Crippen LogP contribution in [0.15, 0.2) is 28.8 Å². The highest BCUT2D eigenvalue weighted by molar-refractivity contribution is 5.70. The number of hydrogen-bond donors (Lipinski definition) is 2. The number of carbonyl (C=O) groups excluding carboxylic acids is 1. The number of benzene rings is 1. The lowest BCUT2D eigenvalue weighted by Crippen LogP contribution is -2.29. The van der Waals surface area contributed by atoms with Crippen molar-refractivity contribution in [1.82, 2.24) is 10.5 Å². The normalized spacial score (nSPS) is 24.6. The predicted molar refractivity (Wildman–Crippen MR) is 116 cm³/mol. The molecule has 172 valence electrons. The molecule has 0 aliphatic heterocycles. The third-order valence-electron chi connectivity index (χ3n) is 6.49. The minimum Gasteiger partial charge on any atom is -0.490 e. The summed E-state index contributed by atoms with van der Waals surface area (Å²) >= 11 is 0. The standard InChI is InChI=1S/C24H30N2O6/c1-14-10-18(14)13-30-24(29)25-12-21-15(2)26-32-22(21)16-6-8-19(9-7-16)31-20-5-3-4-17(11-20)23(27)28/h6-9,14,17-18,20H,3-5,10-13H2,1-2H3,(H,25,29)(H,27,28)/t14?,17-,18?,20-/m0/s1. The van der Waals surface area contributed by atoms with Crippen LogP contribution in [0.2, 0.25) is 0 Å². The van der Waals surface area contributed by atoms with Crippen LogP contribution in [-0.4, -0.2) is 35.0 Å². The zero-order valence-electron chi connectivity index (χ0n) is 18.5. The number of rotatable bonds is 8. The fourth-order valence-corrected chi connectivity index (χ4v) is 4.20. The number of nitrogens with one attached hydrogen (secondary N) is 1. The molecule has 32 heavy (non-hydrogen) atoms. The summed E-state index contributed by atoms with van der Waals surface area (Å²) in [6.07, 6.45) is 3.54. The van der Waals surface area contributed by atoms with E-state index < -0.39 is 12.1 Å². The molecule has 1 amide bonds. The van der Waals surface area contributed by atoms with Crippen LogP contribution in [0.5, 0.6) is 5.75 Å². The summed E-state index contributed by atoms with van der Waals surface area (Å²) in [6, 6.07) is 7.45. The summed E-state index contributed by atoms with van der Waals surface area (Å²) in [5, 5.41) is 16.1. The number of ether oxygens (including phenoxy) is 2. The summed E-state index contributed by atoms with van der Waals surface area (Å²) in [6.45, 7) is 4.70. The Hall–Kier alpha value is -3.03. The lowest BCUT2D eigenvalue weighted by Gasteiger charge is -2.27. The maximum atomic E-state index is 12.0. The van der Waals surface area contributed by atoms with E-state index in [1.807, 2.05) is 31.2 Å². The van der Waals surface area contributed by atoms with Gasteiger partial charge >= 0.3 is 12.1 Å². The number of aliphatic carboxylic acids is 1. The lowest BCUT2D eigenvalue weighted by molar-refractivity contribution is -0.143. The number of alkyl carbamates (subject to hydrolysis) is 1. The first-order valence-corrected chi connectivity index (χ1v) is 11.3. The van der Waals surface area contributed by atoms with Gasteiger partial charge in [0, 0.05) is 11.1 Å². The molecule has 1 aromatic heterocycles. The Morgan fingerprint density at radius 3 is 2.66 bits per heavy atom. The zero-order valence-corrected chi connectivity index (χ0v) is 18.5. The monoisotopic (exact) mass is 442 g/mol. The van der Waals surface area contributed by atoms with Crippen LogP contribution in [0.1, 0.15) is 50.3 Å². The molecule has 2 aromatic rings. The summed E-state index contributed by atoms with van der Waals surface area (Å²) in [5.41, 5.74) is 2.33. The van der Waals surface area contributed by atoms with Gasteiger partial charge in [-0.2, -0.15) is 0 Å². The van der Waals surface area contributed by atoms with Crippen LogP contribution >= 0.6 is 0 Å². The molecule has 4 atom stereocenters. The third-order valence-corrected chi connectivity index (χ3v) is 6.49. The van der Waals surface area contributed by atoms with Gasteiger partial charge in [-0.3, -0.25) is 4.79 Å². The first kappa shape index (κ1) is 22.2. The van der Waals surface area contributed by atoms with Crippen molar-refractivity contribution in [3.8, 4) is 17.1 Å². The maximum Gasteiger partial charge on any atom is 0.407 e. The molecule has 2 aliphatic carbocycles. The van der Waals surface area contributed by atoms with E-state index in [9.17, 15) is 14.7 Å². The lowest BCUT2D eigenvalue weighted by atomic mass is 9.87. The molecule has 2 unspecified atom stereocenters. The second kappa shape index (κ2) is 9.63. The minimum absolute atomic E-state index is 0.0902. The molecule has 2 N–H and O–H groups in total. The number of amides is 1. The summed E-state index contributed by atoms with van der Waals surface area (Å²) in [4.78, 5) is 23.3. The van der Waals surface area contributed by atoms with Crippen LogP contribution in [0.25, 0.3) is 11.3 Å². The van der Waals surface area contributed by atoms with Gasteiger partial charge < -0.3 is 24.4 Å². The van der Waals surface area contributed by atoms with Crippen molar-refractivity contribution in [2.45, 2.75) is 58.6 Å². The fourth-order valence-electron chi connectivity index (χ4n) is 4.20. The number of nitrogens with zero attached hydrogens (tertiary/aromatic N) is 1. The number of carboxylic acid groups (broad SMARTS) is 1. The molecule has 0 saturated heterocycles. The van der Waals surface area contributed by atoms with Crippen molar-refractivity contribution in [1.29, 1.82) is 0 Å². The van der Waals surface area contributed by atoms with E-state index in [0.717, 1.165) is 30.4 Å². The van der Waals surface area contributed by atoms with E-state index in [0.29, 0.717) is 48.5 Å². The van der Waals surface area contributed by atoms with Gasteiger partial charge in [0.2, 0.25) is 0 Å². The number of aryl methyl sites for hydroxylation is 1. The van der Waals surface area contributed by atoms with Gasteiger partial charge in [-0.25, -0.2) is 4.79 Å². The molecule has 2 saturated carbocycles. The van der Waals surface area contributed by atoms with E-state index in [2.05, 4.69) is 17.4 Å². The van der Waals surface area contributed by atoms with E-state index in [1.54, 1.807) is 0 Å². The highest BCUT2D eigenvalue weighted by atomic mass is 16.5. The molecule has 2 fully saturated rings. The number of aromatic nitrogens is 1. The summed E-state index contributed by atoms with van der Waals surface area (Å²) in [7, 11) is 0. The van der Waals surface area contributed by atoms with Crippen molar-refractivity contribution in [2.75, 3.05) is 6.61 Å². The smallest absolute Gasteiger partial charge is 0.407 e. The topological polar surface area (TPSA) is 111 Å². The Morgan fingerprint density at radius 2 is 1.97 bits per heavy atom. The number of hydrogen-bond acceptors (Lipinski definition) is 6. The number of carboxylic acids is 1. The molecule has 0 bridgehead atoms. The van der Waals surface area contributed by atoms with E-state index in [4.69, 9.17) is 14.0 Å². The van der Waals surface area contributed by atoms with Crippen LogP contribution in [0, 0.1) is 24.7 Å². The van der Waals surface area contributed by atoms with Crippen LogP contribution in [0.3, 0.4) is 0 Å². The Balaban J connectivity index is 1.34. The molecule has 4 rings (SSSR count). The highest BCUT2D eigenvalue weighted by Gasteiger charge is 2.33. The molecular formula is C24H30N2O6. The van der Waals surface area contributed by atoms with Gasteiger partial charge in [0.1, 0.15) is 5.75 Å². The largest absolute Gasteiger partial charge is 0.490 e. The first-order chi connectivity index (χ1) is 15.4. The summed E-state index contributed by atoms with van der Waals surface area (Å²) in [5.74, 6) is 1.32. The Bertz CT molecular complexity index is 954. The van der Waals surface area contributed by atoms with Crippen LogP contribution < -0.4 is 10.1 Å². The predicted octanol–water partition coefficient (Wildman–Crippen LogP) is 4.55. The first-order valence-electron chi connectivity index (χ1n) is 11.3. The molecule has 0 spiro atoms. The van der Waals surface area contributed by atoms with Crippen LogP contribution in [0.4, 0.5) is 4.79 Å². The quantitative estimate of drug-likeness (QED) is 0.617. The van der Waals surface area contributed by atoms with Gasteiger partial charge in [-0.15, -0.1) is 0 Å². The molecule has 1 heterocycles. The van der Waals surface area contributed by atoms with Gasteiger partial charge in [-0.1, -0.05) is 12.1 Å². The van der Waals surface area contributed by atoms with Crippen molar-refractivity contribution < 1.29 is 28.7 Å². The average molecular weight is 443 g/mol. The van der Waals surface area contributed by atoms with Crippen molar-refractivity contribution in [3.05, 3.63) is 35.5 Å². The van der Waals surface area contributed by atoms with E-state index in [-0.39, 0.29) is 18.6 Å². The summed E-state index contributed by atoms with van der Waals surface area (Å²) < 4.78 is 16.8. The molecule has 0 radical (unpaired) electrons. The highest BCUT2D eigenvalue weighted by Crippen LogP contribution is 2.37. The van der Waals surface area contributed by atoms with Crippen molar-refractivity contribution in [2.24, 2.45) is 17.8 Å². The second-order valence-corrected chi connectivity index (χ2v) is 8.97. The fraction of sp³-hybridized carbons (Fsp3) is 0.542. The Kier molecular flexibility index (Phi) is 6.67. The maximum absolute atomic E-state index is 12.0. The second-order valence-electron chi connectivity index (χ2n) is 8.97. The Morgan fingerprint density at radius 1 is 1.22 bits per heavy atom. The van der Waals surface area contributed by atoms with E-state index in [1.165, 1.54) is 0 Å². The molecule has 8 nitrogen and oxygen atoms in total.